The highest BCUT2D eigenvalue weighted by Gasteiger charge is 2.22. The molecule has 0 radical (unpaired) electrons. The maximum Gasteiger partial charge on any atom is 0.291 e. The van der Waals surface area contributed by atoms with E-state index in [2.05, 4.69) is 5.32 Å². The first-order chi connectivity index (χ1) is 12.9. The van der Waals surface area contributed by atoms with Gasteiger partial charge in [0.2, 0.25) is 0 Å². The average molecular weight is 406 g/mol. The Morgan fingerprint density at radius 3 is 2.56 bits per heavy atom. The van der Waals surface area contributed by atoms with Crippen molar-refractivity contribution < 1.29 is 22.4 Å². The van der Waals surface area contributed by atoms with Gasteiger partial charge in [-0.2, -0.15) is 0 Å². The van der Waals surface area contributed by atoms with Crippen molar-refractivity contribution in [2.45, 2.75) is 10.6 Å². The number of nitrogens with one attached hydrogen (secondary N) is 1. The zero-order valence-electron chi connectivity index (χ0n) is 14.3. The van der Waals surface area contributed by atoms with Crippen LogP contribution in [0.1, 0.15) is 16.1 Å². The number of carbonyl (C=O) groups is 1. The van der Waals surface area contributed by atoms with Crippen LogP contribution in [0.4, 0.5) is 5.69 Å². The van der Waals surface area contributed by atoms with Crippen LogP contribution in [0.2, 0.25) is 5.02 Å². The first-order valence-corrected chi connectivity index (χ1v) is 9.93. The van der Waals surface area contributed by atoms with Gasteiger partial charge in [-0.3, -0.25) is 4.79 Å². The van der Waals surface area contributed by atoms with Crippen LogP contribution in [0, 0.1) is 0 Å². The second-order valence-corrected chi connectivity index (χ2v) is 8.05. The standard InChI is InChI=1S/C19H16ClNO5S/c1-25-17-8-7-14(11-16(17)20)21-19(22)18-13(9-10-26-18)12-27(23,24)15-5-3-2-4-6-15/h2-11H,12H2,1H3,(H,21,22). The molecule has 0 unspecified atom stereocenters. The molecule has 0 aliphatic heterocycles. The van der Waals surface area contributed by atoms with Gasteiger partial charge < -0.3 is 14.5 Å². The minimum absolute atomic E-state index is 0.0681. The van der Waals surface area contributed by atoms with Gasteiger partial charge in [0.05, 0.1) is 29.0 Å². The molecule has 140 valence electrons. The van der Waals surface area contributed by atoms with Crippen molar-refractivity contribution in [3.63, 3.8) is 0 Å². The van der Waals surface area contributed by atoms with Crippen LogP contribution in [0.5, 0.6) is 5.75 Å². The fraction of sp³-hybridized carbons (Fsp3) is 0.105. The van der Waals surface area contributed by atoms with E-state index in [4.69, 9.17) is 20.8 Å². The fourth-order valence-corrected chi connectivity index (χ4v) is 4.13. The maximum absolute atomic E-state index is 12.5. The smallest absolute Gasteiger partial charge is 0.291 e. The van der Waals surface area contributed by atoms with Gasteiger partial charge in [0.15, 0.2) is 15.6 Å². The highest BCUT2D eigenvalue weighted by molar-refractivity contribution is 7.90. The lowest BCUT2D eigenvalue weighted by atomic mass is 10.2. The predicted octanol–water partition coefficient (Wildman–Crippen LogP) is 4.17. The number of benzene rings is 2. The van der Waals surface area contributed by atoms with E-state index in [9.17, 15) is 13.2 Å². The van der Waals surface area contributed by atoms with Crippen LogP contribution in [0.15, 0.2) is 70.2 Å². The molecule has 0 spiro atoms. The summed E-state index contributed by atoms with van der Waals surface area (Å²) in [4.78, 5) is 12.7. The van der Waals surface area contributed by atoms with Gasteiger partial charge in [-0.15, -0.1) is 0 Å². The number of anilines is 1. The predicted molar refractivity (Wildman–Crippen MR) is 102 cm³/mol. The molecule has 0 aliphatic rings. The largest absolute Gasteiger partial charge is 0.495 e. The molecule has 3 aromatic rings. The second kappa shape index (κ2) is 7.85. The van der Waals surface area contributed by atoms with Gasteiger partial charge in [-0.25, -0.2) is 8.42 Å². The number of halogens is 1. The number of ether oxygens (including phenoxy) is 1. The summed E-state index contributed by atoms with van der Waals surface area (Å²) in [5.74, 6) is -0.511. The Kier molecular flexibility index (Phi) is 5.53. The van der Waals surface area contributed by atoms with Crippen molar-refractivity contribution in [2.75, 3.05) is 12.4 Å². The monoisotopic (exact) mass is 405 g/mol. The van der Waals surface area contributed by atoms with Crippen molar-refractivity contribution in [2.24, 2.45) is 0 Å². The Morgan fingerprint density at radius 2 is 1.89 bits per heavy atom. The Balaban J connectivity index is 1.80. The molecule has 27 heavy (non-hydrogen) atoms. The molecular formula is C19H16ClNO5S. The van der Waals surface area contributed by atoms with E-state index in [-0.39, 0.29) is 22.0 Å². The number of furan rings is 1. The Labute approximate surface area is 161 Å². The molecule has 6 nitrogen and oxygen atoms in total. The summed E-state index contributed by atoms with van der Waals surface area (Å²) in [5, 5.41) is 2.97. The molecule has 3 rings (SSSR count). The van der Waals surface area contributed by atoms with E-state index < -0.39 is 15.7 Å². The molecule has 1 N–H and O–H groups in total. The van der Waals surface area contributed by atoms with Crippen LogP contribution < -0.4 is 10.1 Å². The minimum Gasteiger partial charge on any atom is -0.495 e. The molecule has 8 heteroatoms. The topological polar surface area (TPSA) is 85.6 Å². The molecule has 0 saturated carbocycles. The zero-order chi connectivity index (χ0) is 19.4. The molecule has 0 saturated heterocycles. The highest BCUT2D eigenvalue weighted by Crippen LogP contribution is 2.28. The lowest BCUT2D eigenvalue weighted by molar-refractivity contribution is 0.0996. The summed E-state index contributed by atoms with van der Waals surface area (Å²) in [6.07, 6.45) is 1.28. The second-order valence-electron chi connectivity index (χ2n) is 5.65. The molecule has 0 fully saturated rings. The van der Waals surface area contributed by atoms with Gasteiger partial charge in [0.25, 0.3) is 5.91 Å². The van der Waals surface area contributed by atoms with E-state index in [0.717, 1.165) is 0 Å². The summed E-state index contributed by atoms with van der Waals surface area (Å²) in [6, 6.07) is 14.3. The molecule has 1 heterocycles. The van der Waals surface area contributed by atoms with Crippen molar-refractivity contribution >= 4 is 33.0 Å². The molecular weight excluding hydrogens is 390 g/mol. The molecule has 1 amide bonds. The van der Waals surface area contributed by atoms with Crippen molar-refractivity contribution in [3.8, 4) is 5.75 Å². The first kappa shape index (κ1) is 19.0. The zero-order valence-corrected chi connectivity index (χ0v) is 15.9. The first-order valence-electron chi connectivity index (χ1n) is 7.90. The number of methoxy groups -OCH3 is 1. The van der Waals surface area contributed by atoms with Crippen LogP contribution in [0.3, 0.4) is 0 Å². The van der Waals surface area contributed by atoms with E-state index in [1.807, 2.05) is 0 Å². The quantitative estimate of drug-likeness (QED) is 0.665. The van der Waals surface area contributed by atoms with Gasteiger partial charge >= 0.3 is 0 Å². The van der Waals surface area contributed by atoms with Crippen LogP contribution in [0.25, 0.3) is 0 Å². The van der Waals surface area contributed by atoms with E-state index >= 15 is 0 Å². The van der Waals surface area contributed by atoms with Crippen molar-refractivity contribution in [1.82, 2.24) is 0 Å². The summed E-state index contributed by atoms with van der Waals surface area (Å²) < 4.78 is 35.4. The number of amides is 1. The van der Waals surface area contributed by atoms with Crippen LogP contribution in [-0.4, -0.2) is 21.4 Å². The van der Waals surface area contributed by atoms with Gasteiger partial charge in [0, 0.05) is 11.3 Å². The summed E-state index contributed by atoms with van der Waals surface area (Å²) in [7, 11) is -2.12. The highest BCUT2D eigenvalue weighted by atomic mass is 35.5. The Morgan fingerprint density at radius 1 is 1.15 bits per heavy atom. The normalized spacial score (nSPS) is 11.2. The Hall–Kier alpha value is -2.77. The van der Waals surface area contributed by atoms with Crippen molar-refractivity contribution in [1.29, 1.82) is 0 Å². The summed E-state index contributed by atoms with van der Waals surface area (Å²) in [6.45, 7) is 0. The number of hydrogen-bond acceptors (Lipinski definition) is 5. The van der Waals surface area contributed by atoms with Crippen LogP contribution >= 0.6 is 11.6 Å². The lowest BCUT2D eigenvalue weighted by Gasteiger charge is -2.08. The van der Waals surface area contributed by atoms with Gasteiger partial charge in [-0.05, 0) is 36.4 Å². The molecule has 0 aliphatic carbocycles. The van der Waals surface area contributed by atoms with Crippen LogP contribution in [-0.2, 0) is 15.6 Å². The third-order valence-electron chi connectivity index (χ3n) is 3.81. The fourth-order valence-electron chi connectivity index (χ4n) is 2.50. The SMILES string of the molecule is COc1ccc(NC(=O)c2occc2CS(=O)(=O)c2ccccc2)cc1Cl. The third-order valence-corrected chi connectivity index (χ3v) is 5.79. The molecule has 0 atom stereocenters. The van der Waals surface area contributed by atoms with Gasteiger partial charge in [0.1, 0.15) is 5.75 Å². The number of rotatable bonds is 6. The van der Waals surface area contributed by atoms with E-state index in [1.54, 1.807) is 30.3 Å². The van der Waals surface area contributed by atoms with Crippen molar-refractivity contribution in [3.05, 3.63) is 77.2 Å². The molecule has 0 bridgehead atoms. The molecule has 2 aromatic carbocycles. The number of hydrogen-bond donors (Lipinski definition) is 1. The Bertz CT molecular complexity index is 1060. The summed E-state index contributed by atoms with van der Waals surface area (Å²) >= 11 is 6.05. The maximum atomic E-state index is 12.5. The van der Waals surface area contributed by atoms with E-state index in [1.165, 1.54) is 37.6 Å². The average Bonchev–Trinajstić information content (AvgIpc) is 3.10. The number of carbonyl (C=O) groups excluding carboxylic acids is 1. The summed E-state index contributed by atoms with van der Waals surface area (Å²) in [5.41, 5.74) is 0.704. The third kappa shape index (κ3) is 4.32. The van der Waals surface area contributed by atoms with Gasteiger partial charge in [-0.1, -0.05) is 29.8 Å². The van der Waals surface area contributed by atoms with E-state index in [0.29, 0.717) is 16.5 Å². The number of sulfone groups is 1. The minimum atomic E-state index is -3.61. The molecule has 1 aromatic heterocycles. The lowest BCUT2D eigenvalue weighted by Crippen LogP contribution is -2.14.